The van der Waals surface area contributed by atoms with Crippen LogP contribution in [0.3, 0.4) is 0 Å². The first kappa shape index (κ1) is 21.5. The second kappa shape index (κ2) is 9.68. The highest BCUT2D eigenvalue weighted by molar-refractivity contribution is 5.64. The molecule has 2 N–H and O–H groups in total. The maximum Gasteiger partial charge on any atom is 0.229 e. The smallest absolute Gasteiger partial charge is 0.229 e. The van der Waals surface area contributed by atoms with Crippen LogP contribution in [0.5, 0.6) is 0 Å². The number of hydrogen-bond donors (Lipinski definition) is 2. The van der Waals surface area contributed by atoms with Crippen LogP contribution in [0.2, 0.25) is 0 Å². The van der Waals surface area contributed by atoms with Crippen LogP contribution in [-0.4, -0.2) is 57.1 Å². The Morgan fingerprint density at radius 3 is 2.73 bits per heavy atom. The third-order valence-corrected chi connectivity index (χ3v) is 6.50. The van der Waals surface area contributed by atoms with Crippen molar-refractivity contribution < 1.29 is 14.3 Å². The number of aliphatic hydroxyl groups excluding tert-OH is 1. The summed E-state index contributed by atoms with van der Waals surface area (Å²) in [4.78, 5) is 28.8. The van der Waals surface area contributed by atoms with Gasteiger partial charge in [0.2, 0.25) is 5.95 Å². The van der Waals surface area contributed by atoms with E-state index >= 15 is 0 Å². The van der Waals surface area contributed by atoms with Crippen LogP contribution >= 0.6 is 0 Å². The van der Waals surface area contributed by atoms with Gasteiger partial charge in [0.1, 0.15) is 18.8 Å². The Balaban J connectivity index is 1.46. The molecule has 1 aliphatic heterocycles. The summed E-state index contributed by atoms with van der Waals surface area (Å²) < 4.78 is 5.36. The minimum Gasteiger partial charge on any atom is -0.444 e. The van der Waals surface area contributed by atoms with Crippen LogP contribution in [0.1, 0.15) is 36.9 Å². The molecule has 0 atom stereocenters. The number of carbonyl (C=O) groups is 1. The average Bonchev–Trinajstić information content (AvgIpc) is 3.56. The van der Waals surface area contributed by atoms with Crippen molar-refractivity contribution in [3.63, 3.8) is 0 Å². The van der Waals surface area contributed by atoms with Crippen molar-refractivity contribution in [1.82, 2.24) is 19.9 Å². The number of nitrogens with one attached hydrogen (secondary N) is 1. The van der Waals surface area contributed by atoms with Crippen LogP contribution in [0, 0.1) is 0 Å². The molecule has 0 saturated heterocycles. The Hall–Kier alpha value is -3.30. The lowest BCUT2D eigenvalue weighted by Crippen LogP contribution is -2.39. The number of benzene rings is 1. The number of aromatic nitrogens is 3. The fraction of sp³-hybridized carbons (Fsp3) is 0.417. The van der Waals surface area contributed by atoms with Gasteiger partial charge < -0.3 is 24.5 Å². The van der Waals surface area contributed by atoms with Crippen molar-refractivity contribution in [1.29, 1.82) is 0 Å². The van der Waals surface area contributed by atoms with Crippen molar-refractivity contribution in [2.24, 2.45) is 0 Å². The first-order valence-electron chi connectivity index (χ1n) is 11.4. The van der Waals surface area contributed by atoms with Gasteiger partial charge in [-0.2, -0.15) is 4.98 Å². The highest BCUT2D eigenvalue weighted by Crippen LogP contribution is 2.33. The number of rotatable bonds is 8. The van der Waals surface area contributed by atoms with Crippen molar-refractivity contribution in [3.8, 4) is 11.3 Å². The Kier molecular flexibility index (Phi) is 6.32. The zero-order chi connectivity index (χ0) is 22.6. The topological polar surface area (TPSA) is 108 Å². The van der Waals surface area contributed by atoms with Gasteiger partial charge >= 0.3 is 0 Å². The standard InChI is InChI=1S/C24H28N6O3/c31-12-11-29-10-9-21-20(14-29)23(30(16-32)19-3-1-2-4-19)28-24(27-21)26-18-7-5-17(6-8-18)22-13-25-15-33-22/h5-8,12-13,15,19,32H,1-4,9-11,14,16H2,(H,26,27,28). The van der Waals surface area contributed by atoms with E-state index in [0.29, 0.717) is 24.8 Å². The zero-order valence-corrected chi connectivity index (χ0v) is 18.5. The molecule has 9 nitrogen and oxygen atoms in total. The van der Waals surface area contributed by atoms with E-state index in [1.165, 1.54) is 6.39 Å². The second-order valence-electron chi connectivity index (χ2n) is 8.57. The Morgan fingerprint density at radius 1 is 1.21 bits per heavy atom. The van der Waals surface area contributed by atoms with Gasteiger partial charge in [0, 0.05) is 42.4 Å². The second-order valence-corrected chi connectivity index (χ2v) is 8.57. The molecule has 172 valence electrons. The molecular weight excluding hydrogens is 420 g/mol. The number of hydrogen-bond acceptors (Lipinski definition) is 9. The molecule has 1 aromatic carbocycles. The van der Waals surface area contributed by atoms with E-state index in [2.05, 4.69) is 15.2 Å². The van der Waals surface area contributed by atoms with Gasteiger partial charge in [0.05, 0.1) is 18.4 Å². The molecule has 0 amide bonds. The maximum atomic E-state index is 11.1. The Morgan fingerprint density at radius 2 is 2.03 bits per heavy atom. The minimum atomic E-state index is -0.0902. The molecule has 1 aliphatic carbocycles. The summed E-state index contributed by atoms with van der Waals surface area (Å²) in [5, 5.41) is 13.6. The summed E-state index contributed by atoms with van der Waals surface area (Å²) in [6, 6.07) is 8.08. The largest absolute Gasteiger partial charge is 0.444 e. The van der Waals surface area contributed by atoms with Crippen LogP contribution in [0.15, 0.2) is 41.3 Å². The molecule has 0 radical (unpaired) electrons. The Labute approximate surface area is 192 Å². The van der Waals surface area contributed by atoms with E-state index in [4.69, 9.17) is 14.4 Å². The fourth-order valence-corrected chi connectivity index (χ4v) is 4.78. The Bertz CT molecular complexity index is 1080. The fourth-order valence-electron chi connectivity index (χ4n) is 4.78. The van der Waals surface area contributed by atoms with E-state index in [9.17, 15) is 9.90 Å². The van der Waals surface area contributed by atoms with Crippen LogP contribution in [0.25, 0.3) is 11.3 Å². The molecule has 0 spiro atoms. The third-order valence-electron chi connectivity index (χ3n) is 6.50. The maximum absolute atomic E-state index is 11.1. The SMILES string of the molecule is O=CCN1CCc2nc(Nc3ccc(-c4cnco4)cc3)nc(N(CO)C3CCCC3)c2C1. The first-order chi connectivity index (χ1) is 16.2. The molecule has 0 bridgehead atoms. The first-order valence-corrected chi connectivity index (χ1v) is 11.4. The van der Waals surface area contributed by atoms with E-state index in [1.54, 1.807) is 6.20 Å². The van der Waals surface area contributed by atoms with Gasteiger partial charge in [-0.25, -0.2) is 9.97 Å². The van der Waals surface area contributed by atoms with Crippen LogP contribution in [-0.2, 0) is 17.8 Å². The lowest BCUT2D eigenvalue weighted by Gasteiger charge is -2.34. The van der Waals surface area contributed by atoms with Gasteiger partial charge in [-0.15, -0.1) is 0 Å². The zero-order valence-electron chi connectivity index (χ0n) is 18.5. The molecule has 9 heteroatoms. The molecular formula is C24H28N6O3. The van der Waals surface area contributed by atoms with E-state index in [0.717, 1.165) is 73.3 Å². The van der Waals surface area contributed by atoms with Crippen molar-refractivity contribution in [3.05, 3.63) is 48.1 Å². The van der Waals surface area contributed by atoms with Crippen molar-refractivity contribution in [2.75, 3.05) is 30.0 Å². The average molecular weight is 449 g/mol. The number of nitrogens with zero attached hydrogens (tertiary/aromatic N) is 5. The highest BCUT2D eigenvalue weighted by Gasteiger charge is 2.29. The lowest BCUT2D eigenvalue weighted by molar-refractivity contribution is -0.109. The van der Waals surface area contributed by atoms with Crippen LogP contribution < -0.4 is 10.2 Å². The molecule has 3 heterocycles. The molecule has 3 aromatic rings. The van der Waals surface area contributed by atoms with Crippen molar-refractivity contribution in [2.45, 2.75) is 44.7 Å². The van der Waals surface area contributed by atoms with Gasteiger partial charge in [-0.1, -0.05) is 12.8 Å². The lowest BCUT2D eigenvalue weighted by atomic mass is 10.0. The number of aliphatic hydroxyl groups is 1. The third kappa shape index (κ3) is 4.60. The molecule has 2 aliphatic rings. The summed E-state index contributed by atoms with van der Waals surface area (Å²) >= 11 is 0. The van der Waals surface area contributed by atoms with Crippen molar-refractivity contribution >= 4 is 23.7 Å². The summed E-state index contributed by atoms with van der Waals surface area (Å²) in [5.74, 6) is 1.99. The van der Waals surface area contributed by atoms with E-state index < -0.39 is 0 Å². The monoisotopic (exact) mass is 448 g/mol. The minimum absolute atomic E-state index is 0.0902. The number of carbonyl (C=O) groups excluding carboxylic acids is 1. The predicted molar refractivity (Wildman–Crippen MR) is 124 cm³/mol. The molecule has 33 heavy (non-hydrogen) atoms. The molecule has 0 unspecified atom stereocenters. The number of aldehydes is 1. The summed E-state index contributed by atoms with van der Waals surface area (Å²) in [6.07, 6.45) is 9.18. The number of fused-ring (bicyclic) bond motifs is 1. The molecule has 1 saturated carbocycles. The number of anilines is 3. The van der Waals surface area contributed by atoms with Gasteiger partial charge in [0.15, 0.2) is 12.2 Å². The van der Waals surface area contributed by atoms with Gasteiger partial charge in [-0.3, -0.25) is 4.90 Å². The van der Waals surface area contributed by atoms with E-state index in [-0.39, 0.29) is 12.8 Å². The quantitative estimate of drug-likeness (QED) is 0.397. The molecule has 1 fully saturated rings. The van der Waals surface area contributed by atoms with Crippen LogP contribution in [0.4, 0.5) is 17.5 Å². The number of oxazole rings is 1. The molecule has 5 rings (SSSR count). The van der Waals surface area contributed by atoms with E-state index in [1.807, 2.05) is 29.2 Å². The highest BCUT2D eigenvalue weighted by atomic mass is 16.3. The summed E-state index contributed by atoms with van der Waals surface area (Å²) in [5.41, 5.74) is 3.78. The summed E-state index contributed by atoms with van der Waals surface area (Å²) in [6.45, 7) is 1.68. The normalized spacial score (nSPS) is 16.5. The predicted octanol–water partition coefficient (Wildman–Crippen LogP) is 3.13. The molecule has 2 aromatic heterocycles. The van der Waals surface area contributed by atoms with Gasteiger partial charge in [0.25, 0.3) is 0 Å². The van der Waals surface area contributed by atoms with Gasteiger partial charge in [-0.05, 0) is 37.1 Å². The summed E-state index contributed by atoms with van der Waals surface area (Å²) in [7, 11) is 0.